The van der Waals surface area contributed by atoms with Crippen molar-refractivity contribution in [1.82, 2.24) is 5.32 Å². The summed E-state index contributed by atoms with van der Waals surface area (Å²) in [6.07, 6.45) is 3.14. The molecular formula is C23H30N4O2. The lowest BCUT2D eigenvalue weighted by molar-refractivity contribution is 0.0954. The van der Waals surface area contributed by atoms with Crippen LogP contribution in [-0.4, -0.2) is 31.6 Å². The SMILES string of the molecule is CCCNC(=O)c1cc(NC(=O)Nc2ccc(C)c(C)c2)ccc1N1CCCC1. The molecule has 3 rings (SSSR count). The number of carbonyl (C=O) groups is 2. The van der Waals surface area contributed by atoms with Gasteiger partial charge in [-0.1, -0.05) is 13.0 Å². The van der Waals surface area contributed by atoms with Gasteiger partial charge in [0.05, 0.1) is 5.56 Å². The van der Waals surface area contributed by atoms with Gasteiger partial charge in [-0.15, -0.1) is 0 Å². The molecule has 0 atom stereocenters. The summed E-state index contributed by atoms with van der Waals surface area (Å²) in [7, 11) is 0. The molecular weight excluding hydrogens is 364 g/mol. The molecule has 2 aromatic rings. The molecule has 1 fully saturated rings. The third kappa shape index (κ3) is 5.28. The lowest BCUT2D eigenvalue weighted by Crippen LogP contribution is -2.28. The molecule has 3 amide bonds. The van der Waals surface area contributed by atoms with Crippen molar-refractivity contribution >= 4 is 29.0 Å². The Balaban J connectivity index is 1.76. The second kappa shape index (κ2) is 9.45. The lowest BCUT2D eigenvalue weighted by atomic mass is 10.1. The maximum absolute atomic E-state index is 12.7. The molecule has 1 aliphatic heterocycles. The molecule has 2 aromatic carbocycles. The number of aryl methyl sites for hydroxylation is 2. The maximum Gasteiger partial charge on any atom is 0.323 e. The van der Waals surface area contributed by atoms with Gasteiger partial charge >= 0.3 is 6.03 Å². The number of hydrogen-bond donors (Lipinski definition) is 3. The van der Waals surface area contributed by atoms with Gasteiger partial charge in [-0.2, -0.15) is 0 Å². The molecule has 0 saturated carbocycles. The lowest BCUT2D eigenvalue weighted by Gasteiger charge is -2.22. The van der Waals surface area contributed by atoms with Gasteiger partial charge in [-0.25, -0.2) is 4.79 Å². The Bertz CT molecular complexity index is 888. The summed E-state index contributed by atoms with van der Waals surface area (Å²) in [5, 5.41) is 8.65. The number of carbonyl (C=O) groups excluding carboxylic acids is 2. The van der Waals surface area contributed by atoms with Crippen molar-refractivity contribution < 1.29 is 9.59 Å². The molecule has 0 radical (unpaired) electrons. The van der Waals surface area contributed by atoms with Crippen molar-refractivity contribution in [3.05, 3.63) is 53.1 Å². The van der Waals surface area contributed by atoms with Crippen LogP contribution in [0, 0.1) is 13.8 Å². The Labute approximate surface area is 172 Å². The first-order chi connectivity index (χ1) is 14.0. The summed E-state index contributed by atoms with van der Waals surface area (Å²) < 4.78 is 0. The number of anilines is 3. The number of benzene rings is 2. The second-order valence-corrected chi connectivity index (χ2v) is 7.56. The Kier molecular flexibility index (Phi) is 6.75. The van der Waals surface area contributed by atoms with Crippen LogP contribution in [0.5, 0.6) is 0 Å². The normalized spacial score (nSPS) is 13.3. The Morgan fingerprint density at radius 1 is 0.931 bits per heavy atom. The van der Waals surface area contributed by atoms with Gasteiger partial charge in [0.15, 0.2) is 0 Å². The number of amides is 3. The quantitative estimate of drug-likeness (QED) is 0.666. The van der Waals surface area contributed by atoms with Crippen molar-refractivity contribution in [2.75, 3.05) is 35.2 Å². The number of nitrogens with one attached hydrogen (secondary N) is 3. The molecule has 1 heterocycles. The van der Waals surface area contributed by atoms with Crippen LogP contribution in [0.3, 0.4) is 0 Å². The molecule has 6 heteroatoms. The molecule has 0 unspecified atom stereocenters. The predicted octanol–water partition coefficient (Wildman–Crippen LogP) is 4.69. The van der Waals surface area contributed by atoms with Crippen LogP contribution in [-0.2, 0) is 0 Å². The summed E-state index contributed by atoms with van der Waals surface area (Å²) in [4.78, 5) is 27.4. The summed E-state index contributed by atoms with van der Waals surface area (Å²) in [5.74, 6) is -0.105. The van der Waals surface area contributed by atoms with E-state index >= 15 is 0 Å². The Morgan fingerprint density at radius 3 is 2.24 bits per heavy atom. The van der Waals surface area contributed by atoms with E-state index in [1.54, 1.807) is 6.07 Å². The van der Waals surface area contributed by atoms with Gasteiger partial charge in [-0.3, -0.25) is 4.79 Å². The van der Waals surface area contributed by atoms with Crippen molar-refractivity contribution in [1.29, 1.82) is 0 Å². The molecule has 0 aromatic heterocycles. The van der Waals surface area contributed by atoms with Crippen LogP contribution in [0.1, 0.15) is 47.7 Å². The molecule has 3 N–H and O–H groups in total. The largest absolute Gasteiger partial charge is 0.371 e. The molecule has 1 aliphatic rings. The monoisotopic (exact) mass is 394 g/mol. The third-order valence-electron chi connectivity index (χ3n) is 5.25. The predicted molar refractivity (Wildman–Crippen MR) is 119 cm³/mol. The zero-order valence-electron chi connectivity index (χ0n) is 17.5. The molecule has 1 saturated heterocycles. The minimum absolute atomic E-state index is 0.105. The van der Waals surface area contributed by atoms with Gasteiger partial charge in [0.25, 0.3) is 5.91 Å². The van der Waals surface area contributed by atoms with Gasteiger partial charge in [0.2, 0.25) is 0 Å². The topological polar surface area (TPSA) is 73.5 Å². The van der Waals surface area contributed by atoms with Crippen molar-refractivity contribution in [3.63, 3.8) is 0 Å². The number of rotatable bonds is 6. The van der Waals surface area contributed by atoms with E-state index in [1.807, 2.05) is 51.1 Å². The highest BCUT2D eigenvalue weighted by Gasteiger charge is 2.20. The fourth-order valence-electron chi connectivity index (χ4n) is 3.48. The van der Waals surface area contributed by atoms with E-state index in [9.17, 15) is 9.59 Å². The highest BCUT2D eigenvalue weighted by molar-refractivity contribution is 6.04. The van der Waals surface area contributed by atoms with E-state index in [-0.39, 0.29) is 11.9 Å². The minimum atomic E-state index is -0.331. The fraction of sp³-hybridized carbons (Fsp3) is 0.391. The minimum Gasteiger partial charge on any atom is -0.371 e. The summed E-state index contributed by atoms with van der Waals surface area (Å²) in [5.41, 5.74) is 5.15. The zero-order chi connectivity index (χ0) is 20.8. The van der Waals surface area contributed by atoms with E-state index in [4.69, 9.17) is 0 Å². The summed E-state index contributed by atoms with van der Waals surface area (Å²) >= 11 is 0. The van der Waals surface area contributed by atoms with E-state index in [1.165, 1.54) is 5.56 Å². The van der Waals surface area contributed by atoms with Crippen LogP contribution in [0.2, 0.25) is 0 Å². The van der Waals surface area contributed by atoms with Crippen LogP contribution in [0.25, 0.3) is 0 Å². The Hall–Kier alpha value is -3.02. The number of hydrogen-bond acceptors (Lipinski definition) is 3. The smallest absolute Gasteiger partial charge is 0.323 e. The van der Waals surface area contributed by atoms with E-state index in [2.05, 4.69) is 20.9 Å². The van der Waals surface area contributed by atoms with Crippen LogP contribution in [0.4, 0.5) is 21.9 Å². The highest BCUT2D eigenvalue weighted by atomic mass is 16.2. The molecule has 6 nitrogen and oxygen atoms in total. The van der Waals surface area contributed by atoms with Gasteiger partial charge in [0.1, 0.15) is 0 Å². The third-order valence-corrected chi connectivity index (χ3v) is 5.25. The summed E-state index contributed by atoms with van der Waals surface area (Å²) in [6.45, 7) is 8.60. The van der Waals surface area contributed by atoms with Crippen molar-refractivity contribution in [2.45, 2.75) is 40.0 Å². The first-order valence-corrected chi connectivity index (χ1v) is 10.3. The van der Waals surface area contributed by atoms with Crippen molar-refractivity contribution in [2.24, 2.45) is 0 Å². The van der Waals surface area contributed by atoms with Crippen LogP contribution in [0.15, 0.2) is 36.4 Å². The first-order valence-electron chi connectivity index (χ1n) is 10.3. The highest BCUT2D eigenvalue weighted by Crippen LogP contribution is 2.28. The molecule has 29 heavy (non-hydrogen) atoms. The molecule has 0 bridgehead atoms. The Morgan fingerprint density at radius 2 is 1.59 bits per heavy atom. The van der Waals surface area contributed by atoms with Crippen LogP contribution < -0.4 is 20.9 Å². The maximum atomic E-state index is 12.7. The second-order valence-electron chi connectivity index (χ2n) is 7.56. The van der Waals surface area contributed by atoms with E-state index < -0.39 is 0 Å². The fourth-order valence-corrected chi connectivity index (χ4v) is 3.48. The standard InChI is InChI=1S/C23H30N4O2/c1-4-11-24-22(28)20-15-19(9-10-21(20)27-12-5-6-13-27)26-23(29)25-18-8-7-16(2)17(3)14-18/h7-10,14-15H,4-6,11-13H2,1-3H3,(H,24,28)(H2,25,26,29). The summed E-state index contributed by atoms with van der Waals surface area (Å²) in [6, 6.07) is 11.0. The van der Waals surface area contributed by atoms with E-state index in [0.717, 1.165) is 49.3 Å². The molecule has 154 valence electrons. The van der Waals surface area contributed by atoms with Gasteiger partial charge in [0, 0.05) is 36.7 Å². The average Bonchev–Trinajstić information content (AvgIpc) is 3.23. The average molecular weight is 395 g/mol. The zero-order valence-corrected chi connectivity index (χ0v) is 17.5. The van der Waals surface area contributed by atoms with Crippen LogP contribution >= 0.6 is 0 Å². The molecule has 0 aliphatic carbocycles. The van der Waals surface area contributed by atoms with Gasteiger partial charge in [-0.05, 0) is 74.6 Å². The first kappa shape index (κ1) is 20.7. The number of urea groups is 1. The van der Waals surface area contributed by atoms with Gasteiger partial charge < -0.3 is 20.9 Å². The molecule has 0 spiro atoms. The van der Waals surface area contributed by atoms with Crippen molar-refractivity contribution in [3.8, 4) is 0 Å². The number of nitrogens with zero attached hydrogens (tertiary/aromatic N) is 1. The van der Waals surface area contributed by atoms with E-state index in [0.29, 0.717) is 17.8 Å².